The molecular weight excluding hydrogens is 240 g/mol. The van der Waals surface area contributed by atoms with Gasteiger partial charge in [-0.15, -0.1) is 0 Å². The summed E-state index contributed by atoms with van der Waals surface area (Å²) in [4.78, 5) is 16.3. The molecule has 0 aliphatic carbocycles. The molecule has 0 bridgehead atoms. The first-order valence-electron chi connectivity index (χ1n) is 6.20. The zero-order chi connectivity index (χ0) is 14.0. The van der Waals surface area contributed by atoms with Crippen LogP contribution in [0.3, 0.4) is 0 Å². The lowest BCUT2D eigenvalue weighted by atomic mass is 10.1. The number of amides is 1. The minimum absolute atomic E-state index is 0.0807. The molecule has 0 saturated carbocycles. The number of aromatic nitrogens is 3. The van der Waals surface area contributed by atoms with Crippen LogP contribution in [0.4, 0.5) is 0 Å². The summed E-state index contributed by atoms with van der Waals surface area (Å²) in [6.07, 6.45) is 5.25. The lowest BCUT2D eigenvalue weighted by Gasteiger charge is -2.12. The van der Waals surface area contributed by atoms with Crippen LogP contribution in [-0.4, -0.2) is 20.7 Å². The molecule has 2 heterocycles. The molecule has 2 aromatic rings. The Hall–Kier alpha value is -2.17. The first-order valence-corrected chi connectivity index (χ1v) is 6.20. The van der Waals surface area contributed by atoms with Gasteiger partial charge >= 0.3 is 0 Å². The fourth-order valence-electron chi connectivity index (χ4n) is 1.79. The van der Waals surface area contributed by atoms with Crippen molar-refractivity contribution in [3.8, 4) is 0 Å². The number of nitrogens with one attached hydrogen (secondary N) is 1. The fraction of sp³-hybridized carbons (Fsp3) is 0.357. The van der Waals surface area contributed by atoms with Crippen LogP contribution in [0.2, 0.25) is 0 Å². The number of aryl methyl sites for hydroxylation is 3. The third-order valence-electron chi connectivity index (χ3n) is 3.17. The molecule has 0 fully saturated rings. The van der Waals surface area contributed by atoms with Crippen molar-refractivity contribution in [3.63, 3.8) is 0 Å². The highest BCUT2D eigenvalue weighted by Gasteiger charge is 2.13. The largest absolute Gasteiger partial charge is 0.345 e. The third kappa shape index (κ3) is 2.99. The zero-order valence-corrected chi connectivity index (χ0v) is 11.6. The molecule has 100 valence electrons. The number of carbonyl (C=O) groups is 1. The van der Waals surface area contributed by atoms with E-state index in [2.05, 4.69) is 15.4 Å². The number of rotatable bonds is 3. The van der Waals surface area contributed by atoms with Gasteiger partial charge in [-0.05, 0) is 32.4 Å². The van der Waals surface area contributed by atoms with Crippen LogP contribution >= 0.6 is 0 Å². The van der Waals surface area contributed by atoms with Gasteiger partial charge in [0.05, 0.1) is 17.8 Å². The van der Waals surface area contributed by atoms with Crippen molar-refractivity contribution in [2.45, 2.75) is 26.8 Å². The predicted octanol–water partition coefficient (Wildman–Crippen LogP) is 1.92. The highest BCUT2D eigenvalue weighted by atomic mass is 16.1. The Morgan fingerprint density at radius 1 is 1.37 bits per heavy atom. The lowest BCUT2D eigenvalue weighted by Crippen LogP contribution is -2.26. The summed E-state index contributed by atoms with van der Waals surface area (Å²) in [5.41, 5.74) is 3.52. The molecule has 5 nitrogen and oxygen atoms in total. The summed E-state index contributed by atoms with van der Waals surface area (Å²) in [5.74, 6) is -0.119. The molecule has 1 amide bonds. The van der Waals surface area contributed by atoms with E-state index < -0.39 is 0 Å². The SMILES string of the molecule is Cc1cc(C(=O)NC(C)c2cnn(C)c2)cnc1C. The van der Waals surface area contributed by atoms with Crippen LogP contribution in [0.1, 0.15) is 40.1 Å². The van der Waals surface area contributed by atoms with Gasteiger partial charge in [0.2, 0.25) is 0 Å². The van der Waals surface area contributed by atoms with Gasteiger partial charge in [-0.3, -0.25) is 14.5 Å². The maximum absolute atomic E-state index is 12.1. The molecule has 2 aromatic heterocycles. The molecule has 0 aliphatic heterocycles. The van der Waals surface area contributed by atoms with E-state index in [0.717, 1.165) is 16.8 Å². The monoisotopic (exact) mass is 258 g/mol. The maximum Gasteiger partial charge on any atom is 0.253 e. The van der Waals surface area contributed by atoms with Crippen LogP contribution in [-0.2, 0) is 7.05 Å². The number of nitrogens with zero attached hydrogens (tertiary/aromatic N) is 3. The molecule has 0 saturated heterocycles. The Bertz CT molecular complexity index is 603. The van der Waals surface area contributed by atoms with Crippen molar-refractivity contribution in [1.29, 1.82) is 0 Å². The van der Waals surface area contributed by atoms with Crippen LogP contribution in [0, 0.1) is 13.8 Å². The van der Waals surface area contributed by atoms with E-state index in [0.29, 0.717) is 5.56 Å². The minimum Gasteiger partial charge on any atom is -0.345 e. The van der Waals surface area contributed by atoms with Crippen LogP contribution in [0.15, 0.2) is 24.7 Å². The van der Waals surface area contributed by atoms with Crippen molar-refractivity contribution in [3.05, 3.63) is 47.0 Å². The molecule has 0 radical (unpaired) electrons. The molecule has 0 aliphatic rings. The van der Waals surface area contributed by atoms with E-state index in [-0.39, 0.29) is 11.9 Å². The van der Waals surface area contributed by atoms with Crippen molar-refractivity contribution in [2.24, 2.45) is 7.05 Å². The van der Waals surface area contributed by atoms with Gasteiger partial charge in [0.1, 0.15) is 0 Å². The van der Waals surface area contributed by atoms with Crippen LogP contribution in [0.25, 0.3) is 0 Å². The summed E-state index contributed by atoms with van der Waals surface area (Å²) < 4.78 is 1.72. The minimum atomic E-state index is -0.119. The average molecular weight is 258 g/mol. The summed E-state index contributed by atoms with van der Waals surface area (Å²) in [6.45, 7) is 5.81. The van der Waals surface area contributed by atoms with Gasteiger partial charge in [0.25, 0.3) is 5.91 Å². The summed E-state index contributed by atoms with van der Waals surface area (Å²) in [7, 11) is 1.85. The Morgan fingerprint density at radius 2 is 2.11 bits per heavy atom. The molecule has 0 spiro atoms. The first kappa shape index (κ1) is 13.3. The fourth-order valence-corrected chi connectivity index (χ4v) is 1.79. The van der Waals surface area contributed by atoms with Gasteiger partial charge in [-0.1, -0.05) is 0 Å². The second-order valence-electron chi connectivity index (χ2n) is 4.77. The van der Waals surface area contributed by atoms with Gasteiger partial charge in [-0.25, -0.2) is 0 Å². The molecule has 2 rings (SSSR count). The number of pyridine rings is 1. The Kier molecular flexibility index (Phi) is 3.64. The summed E-state index contributed by atoms with van der Waals surface area (Å²) >= 11 is 0. The van der Waals surface area contributed by atoms with E-state index in [1.54, 1.807) is 17.1 Å². The molecular formula is C14H18N4O. The zero-order valence-electron chi connectivity index (χ0n) is 11.6. The summed E-state index contributed by atoms with van der Waals surface area (Å²) in [5, 5.41) is 7.04. The second-order valence-corrected chi connectivity index (χ2v) is 4.77. The molecule has 0 aromatic carbocycles. The quantitative estimate of drug-likeness (QED) is 0.915. The van der Waals surface area contributed by atoms with Crippen LogP contribution in [0.5, 0.6) is 0 Å². The summed E-state index contributed by atoms with van der Waals surface area (Å²) in [6, 6.07) is 1.77. The lowest BCUT2D eigenvalue weighted by molar-refractivity contribution is 0.0939. The highest BCUT2D eigenvalue weighted by Crippen LogP contribution is 2.12. The smallest absolute Gasteiger partial charge is 0.253 e. The first-order chi connectivity index (χ1) is 8.97. The number of carbonyl (C=O) groups excluding carboxylic acids is 1. The molecule has 1 N–H and O–H groups in total. The number of hydrogen-bond acceptors (Lipinski definition) is 3. The number of hydrogen-bond donors (Lipinski definition) is 1. The van der Waals surface area contributed by atoms with E-state index in [4.69, 9.17) is 0 Å². The van der Waals surface area contributed by atoms with Crippen molar-refractivity contribution in [1.82, 2.24) is 20.1 Å². The normalized spacial score (nSPS) is 12.2. The molecule has 1 atom stereocenters. The van der Waals surface area contributed by atoms with Crippen molar-refractivity contribution < 1.29 is 4.79 Å². The van der Waals surface area contributed by atoms with Gasteiger partial charge in [-0.2, -0.15) is 5.10 Å². The molecule has 19 heavy (non-hydrogen) atoms. The standard InChI is InChI=1S/C14H18N4O/c1-9-5-12(6-15-10(9)2)14(19)17-11(3)13-7-16-18(4)8-13/h5-8,11H,1-4H3,(H,17,19). The highest BCUT2D eigenvalue weighted by molar-refractivity contribution is 5.94. The Morgan fingerprint density at radius 3 is 2.68 bits per heavy atom. The topological polar surface area (TPSA) is 59.8 Å². The van der Waals surface area contributed by atoms with Crippen LogP contribution < -0.4 is 5.32 Å². The average Bonchev–Trinajstić information content (AvgIpc) is 2.79. The van der Waals surface area contributed by atoms with E-state index >= 15 is 0 Å². The Labute approximate surface area is 112 Å². The predicted molar refractivity (Wildman–Crippen MR) is 72.8 cm³/mol. The second kappa shape index (κ2) is 5.22. The Balaban J connectivity index is 2.10. The van der Waals surface area contributed by atoms with Gasteiger partial charge in [0.15, 0.2) is 0 Å². The van der Waals surface area contributed by atoms with E-state index in [1.165, 1.54) is 0 Å². The van der Waals surface area contributed by atoms with Crippen molar-refractivity contribution in [2.75, 3.05) is 0 Å². The van der Waals surface area contributed by atoms with E-state index in [1.807, 2.05) is 40.1 Å². The third-order valence-corrected chi connectivity index (χ3v) is 3.17. The molecule has 1 unspecified atom stereocenters. The van der Waals surface area contributed by atoms with Gasteiger partial charge in [0, 0.05) is 30.7 Å². The van der Waals surface area contributed by atoms with E-state index in [9.17, 15) is 4.79 Å². The maximum atomic E-state index is 12.1. The van der Waals surface area contributed by atoms with Gasteiger partial charge < -0.3 is 5.32 Å². The molecule has 5 heteroatoms. The van der Waals surface area contributed by atoms with Crippen molar-refractivity contribution >= 4 is 5.91 Å².